The molecular formula is C8H16N2O. The van der Waals surface area contributed by atoms with E-state index in [9.17, 15) is 4.79 Å². The van der Waals surface area contributed by atoms with E-state index in [1.54, 1.807) is 0 Å². The summed E-state index contributed by atoms with van der Waals surface area (Å²) in [4.78, 5) is 11.3. The van der Waals surface area contributed by atoms with Gasteiger partial charge in [0.2, 0.25) is 5.91 Å². The van der Waals surface area contributed by atoms with Crippen molar-refractivity contribution in [3.63, 3.8) is 0 Å². The van der Waals surface area contributed by atoms with Crippen LogP contribution < -0.4 is 10.6 Å². The molecule has 0 radical (unpaired) electrons. The minimum Gasteiger partial charge on any atom is -0.351 e. The second-order valence-electron chi connectivity index (χ2n) is 3.54. The maximum absolute atomic E-state index is 11.3. The molecule has 0 bridgehead atoms. The first-order chi connectivity index (χ1) is 5.11. The Hall–Kier alpha value is -0.570. The molecular weight excluding hydrogens is 140 g/mol. The molecule has 0 aromatic carbocycles. The molecule has 1 fully saturated rings. The summed E-state index contributed by atoms with van der Waals surface area (Å²) in [5.74, 6) is 0.515. The minimum absolute atomic E-state index is 0.00574. The third-order valence-corrected chi connectivity index (χ3v) is 1.98. The number of piperazine rings is 1. The van der Waals surface area contributed by atoms with Gasteiger partial charge < -0.3 is 10.6 Å². The van der Waals surface area contributed by atoms with Crippen molar-refractivity contribution >= 4 is 5.91 Å². The number of hydrogen-bond donors (Lipinski definition) is 2. The van der Waals surface area contributed by atoms with Crippen LogP contribution in [-0.2, 0) is 4.79 Å². The van der Waals surface area contributed by atoms with Gasteiger partial charge in [-0.15, -0.1) is 0 Å². The fourth-order valence-corrected chi connectivity index (χ4v) is 1.32. The van der Waals surface area contributed by atoms with E-state index in [2.05, 4.69) is 10.6 Å². The standard InChI is InChI=1S/C8H16N2O/c1-5(2)7-8(11)10-6(3)4-9-7/h5-7,9H,4H2,1-3H3,(H,10,11)/t6-,7-/m0/s1. The molecule has 64 valence electrons. The molecule has 1 saturated heterocycles. The Morgan fingerprint density at radius 2 is 2.18 bits per heavy atom. The SMILES string of the molecule is CC(C)[C@@H]1NC[C@H](C)NC1=O. The highest BCUT2D eigenvalue weighted by Gasteiger charge is 2.26. The summed E-state index contributed by atoms with van der Waals surface area (Å²) in [7, 11) is 0. The number of carbonyl (C=O) groups is 1. The lowest BCUT2D eigenvalue weighted by Gasteiger charge is -2.30. The van der Waals surface area contributed by atoms with Crippen molar-refractivity contribution in [2.45, 2.75) is 32.9 Å². The molecule has 0 unspecified atom stereocenters. The van der Waals surface area contributed by atoms with Crippen molar-refractivity contribution in [3.05, 3.63) is 0 Å². The number of carbonyl (C=O) groups excluding carboxylic acids is 1. The minimum atomic E-state index is 0.00574. The van der Waals surface area contributed by atoms with Gasteiger partial charge >= 0.3 is 0 Å². The van der Waals surface area contributed by atoms with Gasteiger partial charge in [-0.05, 0) is 12.8 Å². The Kier molecular flexibility index (Phi) is 2.49. The summed E-state index contributed by atoms with van der Waals surface area (Å²) in [6.45, 7) is 6.98. The van der Waals surface area contributed by atoms with Gasteiger partial charge in [0.25, 0.3) is 0 Å². The lowest BCUT2D eigenvalue weighted by Crippen LogP contribution is -2.58. The third-order valence-electron chi connectivity index (χ3n) is 1.98. The van der Waals surface area contributed by atoms with Crippen molar-refractivity contribution in [3.8, 4) is 0 Å². The van der Waals surface area contributed by atoms with Gasteiger partial charge in [-0.3, -0.25) is 4.79 Å². The molecule has 0 aliphatic carbocycles. The van der Waals surface area contributed by atoms with Crippen LogP contribution in [0.3, 0.4) is 0 Å². The molecule has 0 saturated carbocycles. The van der Waals surface area contributed by atoms with E-state index in [4.69, 9.17) is 0 Å². The zero-order valence-corrected chi connectivity index (χ0v) is 7.35. The Morgan fingerprint density at radius 1 is 1.55 bits per heavy atom. The second kappa shape index (κ2) is 3.22. The fraction of sp³-hybridized carbons (Fsp3) is 0.875. The van der Waals surface area contributed by atoms with Crippen LogP contribution in [0.15, 0.2) is 0 Å². The van der Waals surface area contributed by atoms with Gasteiger partial charge in [-0.2, -0.15) is 0 Å². The van der Waals surface area contributed by atoms with E-state index >= 15 is 0 Å². The fourth-order valence-electron chi connectivity index (χ4n) is 1.32. The largest absolute Gasteiger partial charge is 0.351 e. The average Bonchev–Trinajstić information content (AvgIpc) is 1.85. The van der Waals surface area contributed by atoms with Gasteiger partial charge in [0.1, 0.15) is 0 Å². The van der Waals surface area contributed by atoms with E-state index in [0.717, 1.165) is 6.54 Å². The Bertz CT molecular complexity index is 156. The normalized spacial score (nSPS) is 32.2. The number of rotatable bonds is 1. The van der Waals surface area contributed by atoms with Crippen LogP contribution in [0.1, 0.15) is 20.8 Å². The molecule has 1 aliphatic rings. The quantitative estimate of drug-likeness (QED) is 0.566. The lowest BCUT2D eigenvalue weighted by molar-refractivity contribution is -0.126. The maximum Gasteiger partial charge on any atom is 0.237 e. The number of hydrogen-bond acceptors (Lipinski definition) is 2. The Balaban J connectivity index is 2.51. The van der Waals surface area contributed by atoms with Crippen LogP contribution in [0.4, 0.5) is 0 Å². The van der Waals surface area contributed by atoms with Crippen LogP contribution >= 0.6 is 0 Å². The van der Waals surface area contributed by atoms with Gasteiger partial charge in [-0.25, -0.2) is 0 Å². The zero-order valence-electron chi connectivity index (χ0n) is 7.35. The Morgan fingerprint density at radius 3 is 2.64 bits per heavy atom. The highest BCUT2D eigenvalue weighted by atomic mass is 16.2. The van der Waals surface area contributed by atoms with Crippen molar-refractivity contribution in [2.24, 2.45) is 5.92 Å². The molecule has 1 heterocycles. The van der Waals surface area contributed by atoms with Crippen LogP contribution in [0.25, 0.3) is 0 Å². The van der Waals surface area contributed by atoms with E-state index in [0.29, 0.717) is 5.92 Å². The van der Waals surface area contributed by atoms with Crippen molar-refractivity contribution in [1.29, 1.82) is 0 Å². The van der Waals surface area contributed by atoms with Crippen LogP contribution in [-0.4, -0.2) is 24.5 Å². The first-order valence-corrected chi connectivity index (χ1v) is 4.15. The molecule has 3 nitrogen and oxygen atoms in total. The summed E-state index contributed by atoms with van der Waals surface area (Å²) in [6.07, 6.45) is 0. The monoisotopic (exact) mass is 156 g/mol. The predicted molar refractivity (Wildman–Crippen MR) is 44.2 cm³/mol. The highest BCUT2D eigenvalue weighted by molar-refractivity contribution is 5.83. The number of nitrogens with one attached hydrogen (secondary N) is 2. The number of amides is 1. The smallest absolute Gasteiger partial charge is 0.237 e. The summed E-state index contributed by atoms with van der Waals surface area (Å²) >= 11 is 0. The average molecular weight is 156 g/mol. The van der Waals surface area contributed by atoms with Crippen molar-refractivity contribution in [1.82, 2.24) is 10.6 Å². The first kappa shape index (κ1) is 8.53. The molecule has 2 N–H and O–H groups in total. The van der Waals surface area contributed by atoms with Gasteiger partial charge in [0.15, 0.2) is 0 Å². The highest BCUT2D eigenvalue weighted by Crippen LogP contribution is 2.05. The molecule has 3 heteroatoms. The molecule has 0 spiro atoms. The second-order valence-corrected chi connectivity index (χ2v) is 3.54. The molecule has 11 heavy (non-hydrogen) atoms. The van der Waals surface area contributed by atoms with Crippen molar-refractivity contribution in [2.75, 3.05) is 6.54 Å². The van der Waals surface area contributed by atoms with Gasteiger partial charge in [0, 0.05) is 12.6 Å². The van der Waals surface area contributed by atoms with Gasteiger partial charge in [-0.1, -0.05) is 13.8 Å². The van der Waals surface area contributed by atoms with E-state index in [1.807, 2.05) is 20.8 Å². The maximum atomic E-state index is 11.3. The predicted octanol–water partition coefficient (Wildman–Crippen LogP) is 0.119. The van der Waals surface area contributed by atoms with Crippen LogP contribution in [0, 0.1) is 5.92 Å². The molecule has 0 aromatic rings. The summed E-state index contributed by atoms with van der Waals surface area (Å²) < 4.78 is 0. The first-order valence-electron chi connectivity index (χ1n) is 4.15. The molecule has 2 atom stereocenters. The molecule has 0 aromatic heterocycles. The van der Waals surface area contributed by atoms with Crippen LogP contribution in [0.2, 0.25) is 0 Å². The van der Waals surface area contributed by atoms with Gasteiger partial charge in [0.05, 0.1) is 6.04 Å². The summed E-state index contributed by atoms with van der Waals surface area (Å²) in [5, 5.41) is 6.12. The molecule has 1 rings (SSSR count). The topological polar surface area (TPSA) is 41.1 Å². The van der Waals surface area contributed by atoms with E-state index in [1.165, 1.54) is 0 Å². The lowest BCUT2D eigenvalue weighted by atomic mass is 10.0. The van der Waals surface area contributed by atoms with Crippen LogP contribution in [0.5, 0.6) is 0 Å². The molecule has 1 amide bonds. The third kappa shape index (κ3) is 1.93. The van der Waals surface area contributed by atoms with E-state index in [-0.39, 0.29) is 18.0 Å². The van der Waals surface area contributed by atoms with Crippen molar-refractivity contribution < 1.29 is 4.79 Å². The zero-order chi connectivity index (χ0) is 8.43. The summed E-state index contributed by atoms with van der Waals surface area (Å²) in [5.41, 5.74) is 0. The Labute approximate surface area is 67.5 Å². The molecule has 1 aliphatic heterocycles. The summed E-state index contributed by atoms with van der Waals surface area (Å²) in [6, 6.07) is 0.281. The van der Waals surface area contributed by atoms with E-state index < -0.39 is 0 Å².